The van der Waals surface area contributed by atoms with Gasteiger partial charge in [-0.05, 0) is 38.5 Å². The molecule has 23 heavy (non-hydrogen) atoms. The van der Waals surface area contributed by atoms with Crippen LogP contribution in [0.2, 0.25) is 0 Å². The predicted octanol–water partition coefficient (Wildman–Crippen LogP) is 1.86. The molecule has 0 aliphatic heterocycles. The first-order valence-electron chi connectivity index (χ1n) is 7.15. The molecule has 8 nitrogen and oxygen atoms in total. The molecule has 2 N–H and O–H groups in total. The fourth-order valence-corrected chi connectivity index (χ4v) is 1.84. The van der Waals surface area contributed by atoms with Crippen molar-refractivity contribution < 1.29 is 24.7 Å². The Morgan fingerprint density at radius 3 is 2.35 bits per heavy atom. The Morgan fingerprint density at radius 2 is 1.91 bits per heavy atom. The van der Waals surface area contributed by atoms with Crippen molar-refractivity contribution in [3.05, 3.63) is 39.9 Å². The van der Waals surface area contributed by atoms with E-state index in [1.54, 1.807) is 20.8 Å². The summed E-state index contributed by atoms with van der Waals surface area (Å²) in [6.45, 7) is 4.80. The maximum atomic E-state index is 12.1. The summed E-state index contributed by atoms with van der Waals surface area (Å²) in [4.78, 5) is 23.3. The van der Waals surface area contributed by atoms with Gasteiger partial charge in [0.05, 0.1) is 24.2 Å². The van der Waals surface area contributed by atoms with Gasteiger partial charge in [0.25, 0.3) is 5.69 Å². The Hall–Kier alpha value is -2.19. The number of nitrogens with zero attached hydrogens (tertiary/aromatic N) is 2. The molecule has 0 heterocycles. The monoisotopic (exact) mass is 326 g/mol. The van der Waals surface area contributed by atoms with E-state index >= 15 is 0 Å². The number of rotatable bonds is 6. The van der Waals surface area contributed by atoms with Gasteiger partial charge in [-0.3, -0.25) is 10.1 Å². The van der Waals surface area contributed by atoms with E-state index in [1.165, 1.54) is 29.2 Å². The highest BCUT2D eigenvalue weighted by Crippen LogP contribution is 2.19. The van der Waals surface area contributed by atoms with E-state index in [1.807, 2.05) is 0 Å². The van der Waals surface area contributed by atoms with Gasteiger partial charge in [0.2, 0.25) is 0 Å². The van der Waals surface area contributed by atoms with E-state index in [4.69, 9.17) is 9.84 Å². The van der Waals surface area contributed by atoms with Crippen molar-refractivity contribution >= 4 is 11.8 Å². The van der Waals surface area contributed by atoms with E-state index in [2.05, 4.69) is 0 Å². The largest absolute Gasteiger partial charge is 0.444 e. The van der Waals surface area contributed by atoms with E-state index < -0.39 is 22.7 Å². The van der Waals surface area contributed by atoms with Gasteiger partial charge in [-0.1, -0.05) is 0 Å². The molecule has 0 radical (unpaired) electrons. The number of non-ortho nitro benzene ring substituents is 1. The van der Waals surface area contributed by atoms with Crippen LogP contribution >= 0.6 is 0 Å². The highest BCUT2D eigenvalue weighted by molar-refractivity contribution is 5.68. The standard InChI is InChI=1S/C15H22N2O6/c1-15(2,3)23-14(20)16(8-9-18)10-13(19)11-4-6-12(7-5-11)17(21)22/h4-7,13,18-19H,8-10H2,1-3H3/t13-/m0/s1. The first-order chi connectivity index (χ1) is 10.6. The lowest BCUT2D eigenvalue weighted by Gasteiger charge is -2.28. The maximum absolute atomic E-state index is 12.1. The van der Waals surface area contributed by atoms with Gasteiger partial charge < -0.3 is 19.8 Å². The molecule has 0 aliphatic rings. The van der Waals surface area contributed by atoms with Crippen LogP contribution in [0.25, 0.3) is 0 Å². The molecule has 1 atom stereocenters. The third-order valence-corrected chi connectivity index (χ3v) is 2.90. The van der Waals surface area contributed by atoms with Gasteiger partial charge in [0.15, 0.2) is 0 Å². The summed E-state index contributed by atoms with van der Waals surface area (Å²) in [5, 5.41) is 29.9. The summed E-state index contributed by atoms with van der Waals surface area (Å²) in [5.74, 6) is 0. The van der Waals surface area contributed by atoms with Crippen LogP contribution in [0.15, 0.2) is 24.3 Å². The summed E-state index contributed by atoms with van der Waals surface area (Å²) in [5.41, 5.74) is -0.342. The molecule has 0 bridgehead atoms. The van der Waals surface area contributed by atoms with Crippen LogP contribution < -0.4 is 0 Å². The number of nitro benzene ring substituents is 1. The van der Waals surface area contributed by atoms with Gasteiger partial charge in [0.1, 0.15) is 5.60 Å². The summed E-state index contributed by atoms with van der Waals surface area (Å²) in [6, 6.07) is 5.41. The summed E-state index contributed by atoms with van der Waals surface area (Å²) in [6.07, 6.45) is -1.69. The molecule has 0 saturated heterocycles. The number of hydrogen-bond acceptors (Lipinski definition) is 6. The van der Waals surface area contributed by atoms with Crippen molar-refractivity contribution in [2.24, 2.45) is 0 Å². The third-order valence-electron chi connectivity index (χ3n) is 2.90. The van der Waals surface area contributed by atoms with Crippen molar-refractivity contribution in [3.63, 3.8) is 0 Å². The highest BCUT2D eigenvalue weighted by Gasteiger charge is 2.24. The molecule has 1 amide bonds. The fraction of sp³-hybridized carbons (Fsp3) is 0.533. The summed E-state index contributed by atoms with van der Waals surface area (Å²) < 4.78 is 5.22. The maximum Gasteiger partial charge on any atom is 0.410 e. The second kappa shape index (κ2) is 7.89. The van der Waals surface area contributed by atoms with Gasteiger partial charge in [-0.15, -0.1) is 0 Å². The van der Waals surface area contributed by atoms with Crippen LogP contribution in [0.5, 0.6) is 0 Å². The number of amides is 1. The quantitative estimate of drug-likeness (QED) is 0.609. The minimum Gasteiger partial charge on any atom is -0.444 e. The normalized spacial score (nSPS) is 12.6. The van der Waals surface area contributed by atoms with Crippen molar-refractivity contribution in [3.8, 4) is 0 Å². The number of aliphatic hydroxyl groups excluding tert-OH is 2. The molecular weight excluding hydrogens is 304 g/mol. The van der Waals surface area contributed by atoms with Crippen LogP contribution in [0.4, 0.5) is 10.5 Å². The lowest BCUT2D eigenvalue weighted by atomic mass is 10.1. The minimum atomic E-state index is -1.05. The number of hydrogen-bond donors (Lipinski definition) is 2. The molecule has 0 aromatic heterocycles. The Bertz CT molecular complexity index is 538. The van der Waals surface area contributed by atoms with E-state index in [9.17, 15) is 20.0 Å². The minimum absolute atomic E-state index is 0.0129. The molecule has 128 valence electrons. The molecule has 0 unspecified atom stereocenters. The Labute approximate surface area is 134 Å². The van der Waals surface area contributed by atoms with E-state index in [-0.39, 0.29) is 25.4 Å². The third kappa shape index (κ3) is 6.21. The average molecular weight is 326 g/mol. The first kappa shape index (κ1) is 18.9. The highest BCUT2D eigenvalue weighted by atomic mass is 16.6. The molecule has 1 aromatic rings. The predicted molar refractivity (Wildman–Crippen MR) is 82.9 cm³/mol. The van der Waals surface area contributed by atoms with Crippen molar-refractivity contribution in [2.75, 3.05) is 19.7 Å². The Balaban J connectivity index is 2.78. The number of nitro groups is 1. The number of aliphatic hydroxyl groups is 2. The average Bonchev–Trinajstić information content (AvgIpc) is 2.45. The Morgan fingerprint density at radius 1 is 1.35 bits per heavy atom. The molecule has 0 spiro atoms. The van der Waals surface area contributed by atoms with Gasteiger partial charge >= 0.3 is 6.09 Å². The zero-order valence-corrected chi connectivity index (χ0v) is 13.4. The van der Waals surface area contributed by atoms with E-state index in [0.29, 0.717) is 5.56 Å². The summed E-state index contributed by atoms with van der Waals surface area (Å²) >= 11 is 0. The van der Waals surface area contributed by atoms with Gasteiger partial charge in [-0.25, -0.2) is 4.79 Å². The number of ether oxygens (including phenoxy) is 1. The van der Waals surface area contributed by atoms with Crippen molar-refractivity contribution in [2.45, 2.75) is 32.5 Å². The second-order valence-electron chi connectivity index (χ2n) is 6.01. The van der Waals surface area contributed by atoms with Crippen LogP contribution in [0, 0.1) is 10.1 Å². The Kier molecular flexibility index (Phi) is 6.47. The SMILES string of the molecule is CC(C)(C)OC(=O)N(CCO)C[C@H](O)c1ccc([N+](=O)[O-])cc1. The molecular formula is C15H22N2O6. The van der Waals surface area contributed by atoms with Crippen LogP contribution in [-0.2, 0) is 4.74 Å². The molecule has 8 heteroatoms. The second-order valence-corrected chi connectivity index (χ2v) is 6.01. The molecule has 0 aliphatic carbocycles. The zero-order valence-electron chi connectivity index (χ0n) is 13.4. The van der Waals surface area contributed by atoms with Crippen molar-refractivity contribution in [1.82, 2.24) is 4.90 Å². The lowest BCUT2D eigenvalue weighted by Crippen LogP contribution is -2.40. The van der Waals surface area contributed by atoms with Crippen LogP contribution in [0.3, 0.4) is 0 Å². The fourth-order valence-electron chi connectivity index (χ4n) is 1.84. The first-order valence-corrected chi connectivity index (χ1v) is 7.15. The van der Waals surface area contributed by atoms with Crippen LogP contribution in [-0.4, -0.2) is 51.4 Å². The topological polar surface area (TPSA) is 113 Å². The molecule has 0 fully saturated rings. The number of carbonyl (C=O) groups is 1. The van der Waals surface area contributed by atoms with Gasteiger partial charge in [0, 0.05) is 18.7 Å². The summed E-state index contributed by atoms with van der Waals surface area (Å²) in [7, 11) is 0. The van der Waals surface area contributed by atoms with Crippen molar-refractivity contribution in [1.29, 1.82) is 0 Å². The van der Waals surface area contributed by atoms with Crippen LogP contribution in [0.1, 0.15) is 32.4 Å². The molecule has 0 saturated carbocycles. The van der Waals surface area contributed by atoms with E-state index in [0.717, 1.165) is 0 Å². The van der Waals surface area contributed by atoms with Gasteiger partial charge in [-0.2, -0.15) is 0 Å². The zero-order chi connectivity index (χ0) is 17.6. The smallest absolute Gasteiger partial charge is 0.410 e. The molecule has 1 aromatic carbocycles. The lowest BCUT2D eigenvalue weighted by molar-refractivity contribution is -0.384. The molecule has 1 rings (SSSR count). The number of benzene rings is 1. The number of carbonyl (C=O) groups excluding carboxylic acids is 1.